The van der Waals surface area contributed by atoms with E-state index in [1.54, 1.807) is 12.1 Å². The summed E-state index contributed by atoms with van der Waals surface area (Å²) >= 11 is 0. The third kappa shape index (κ3) is 4.59. The molecule has 0 aliphatic heterocycles. The van der Waals surface area contributed by atoms with Gasteiger partial charge in [-0.3, -0.25) is 4.79 Å². The number of hydrogen-bond acceptors (Lipinski definition) is 4. The number of benzene rings is 2. The number of carbonyl (C=O) groups is 2. The molecule has 0 spiro atoms. The Balaban J connectivity index is 1.86. The predicted octanol–water partition coefficient (Wildman–Crippen LogP) is 2.86. The Morgan fingerprint density at radius 1 is 1.04 bits per heavy atom. The van der Waals surface area contributed by atoms with E-state index in [-0.39, 0.29) is 23.1 Å². The molecule has 2 aromatic rings. The van der Waals surface area contributed by atoms with Gasteiger partial charge in [0.2, 0.25) is 0 Å². The second kappa shape index (κ2) is 8.15. The smallest absolute Gasteiger partial charge is 0.342 e. The molecule has 24 heavy (non-hydrogen) atoms. The van der Waals surface area contributed by atoms with Crippen LogP contribution < -0.4 is 5.32 Å². The van der Waals surface area contributed by atoms with Crippen LogP contribution in [-0.2, 0) is 9.53 Å². The molecule has 0 bridgehead atoms. The lowest BCUT2D eigenvalue weighted by Gasteiger charge is -2.17. The number of para-hydroxylation sites is 1. The minimum atomic E-state index is -0.944. The molecular formula is C19H21NO4. The van der Waals surface area contributed by atoms with Crippen molar-refractivity contribution in [2.75, 3.05) is 6.54 Å². The summed E-state index contributed by atoms with van der Waals surface area (Å²) in [6.45, 7) is 3.95. The Labute approximate surface area is 141 Å². The van der Waals surface area contributed by atoms with E-state index in [9.17, 15) is 14.7 Å². The first-order valence-electron chi connectivity index (χ1n) is 7.80. The molecule has 126 valence electrons. The third-order valence-electron chi connectivity index (χ3n) is 3.73. The average Bonchev–Trinajstić information content (AvgIpc) is 2.60. The molecule has 5 heteroatoms. The molecule has 1 amide bonds. The second-order valence-electron chi connectivity index (χ2n) is 5.62. The van der Waals surface area contributed by atoms with Gasteiger partial charge in [0.25, 0.3) is 5.91 Å². The van der Waals surface area contributed by atoms with Crippen LogP contribution in [0.1, 0.15) is 35.7 Å². The highest BCUT2D eigenvalue weighted by atomic mass is 16.5. The summed E-state index contributed by atoms with van der Waals surface area (Å²) in [5.41, 5.74) is 1.16. The van der Waals surface area contributed by atoms with Crippen LogP contribution in [0.4, 0.5) is 0 Å². The normalized spacial score (nSPS) is 12.9. The van der Waals surface area contributed by atoms with Crippen molar-refractivity contribution in [3.05, 3.63) is 65.7 Å². The fraction of sp³-hybridized carbons (Fsp3) is 0.263. The van der Waals surface area contributed by atoms with E-state index in [0.717, 1.165) is 5.56 Å². The number of ether oxygens (including phenoxy) is 1. The summed E-state index contributed by atoms with van der Waals surface area (Å²) in [6.07, 6.45) is -0.944. The van der Waals surface area contributed by atoms with Crippen molar-refractivity contribution in [3.63, 3.8) is 0 Å². The lowest BCUT2D eigenvalue weighted by atomic mass is 10.0. The molecule has 0 radical (unpaired) electrons. The topological polar surface area (TPSA) is 75.6 Å². The molecule has 0 fully saturated rings. The molecule has 0 heterocycles. The molecule has 2 rings (SSSR count). The maximum absolute atomic E-state index is 12.1. The predicted molar refractivity (Wildman–Crippen MR) is 90.9 cm³/mol. The van der Waals surface area contributed by atoms with Crippen LogP contribution in [0.3, 0.4) is 0 Å². The number of amides is 1. The number of hydrogen-bond donors (Lipinski definition) is 2. The van der Waals surface area contributed by atoms with Crippen molar-refractivity contribution in [2.45, 2.75) is 25.9 Å². The van der Waals surface area contributed by atoms with Crippen molar-refractivity contribution in [1.29, 1.82) is 0 Å². The maximum atomic E-state index is 12.1. The van der Waals surface area contributed by atoms with Crippen LogP contribution in [0.5, 0.6) is 5.75 Å². The minimum Gasteiger partial charge on any atom is -0.507 e. The highest BCUT2D eigenvalue weighted by Crippen LogP contribution is 2.17. The van der Waals surface area contributed by atoms with Crippen LogP contribution >= 0.6 is 0 Å². The van der Waals surface area contributed by atoms with Crippen molar-refractivity contribution in [1.82, 2.24) is 5.32 Å². The van der Waals surface area contributed by atoms with Gasteiger partial charge < -0.3 is 15.2 Å². The van der Waals surface area contributed by atoms with Gasteiger partial charge in [-0.05, 0) is 30.5 Å². The fourth-order valence-corrected chi connectivity index (χ4v) is 2.22. The molecule has 0 saturated heterocycles. The van der Waals surface area contributed by atoms with Crippen LogP contribution in [0.25, 0.3) is 0 Å². The van der Waals surface area contributed by atoms with Gasteiger partial charge in [-0.25, -0.2) is 4.79 Å². The molecule has 0 aliphatic rings. The van der Waals surface area contributed by atoms with E-state index >= 15 is 0 Å². The van der Waals surface area contributed by atoms with Crippen molar-refractivity contribution < 1.29 is 19.4 Å². The van der Waals surface area contributed by atoms with Crippen LogP contribution in [0.15, 0.2) is 54.6 Å². The SMILES string of the molecule is C[C@H](OC(=O)c1ccccc1O)C(=O)NC[C@@H](C)c1ccccc1. The summed E-state index contributed by atoms with van der Waals surface area (Å²) in [5, 5.41) is 12.4. The standard InChI is InChI=1S/C19H21NO4/c1-13(15-8-4-3-5-9-15)12-20-18(22)14(2)24-19(23)16-10-6-7-11-17(16)21/h3-11,13-14,21H,12H2,1-2H3,(H,20,22)/t13-,14+/m1/s1. The van der Waals surface area contributed by atoms with Gasteiger partial charge in [0.05, 0.1) is 0 Å². The van der Waals surface area contributed by atoms with Gasteiger partial charge in [-0.15, -0.1) is 0 Å². The number of carbonyl (C=O) groups excluding carboxylic acids is 2. The van der Waals surface area contributed by atoms with Crippen molar-refractivity contribution >= 4 is 11.9 Å². The lowest BCUT2D eigenvalue weighted by molar-refractivity contribution is -0.129. The van der Waals surface area contributed by atoms with E-state index in [0.29, 0.717) is 6.54 Å². The largest absolute Gasteiger partial charge is 0.507 e. The number of phenols is 1. The van der Waals surface area contributed by atoms with Gasteiger partial charge in [0.15, 0.2) is 6.10 Å². The van der Waals surface area contributed by atoms with E-state index < -0.39 is 12.1 Å². The van der Waals surface area contributed by atoms with E-state index in [2.05, 4.69) is 5.32 Å². The summed E-state index contributed by atoms with van der Waals surface area (Å²) < 4.78 is 5.11. The first-order chi connectivity index (χ1) is 11.5. The third-order valence-corrected chi connectivity index (χ3v) is 3.73. The second-order valence-corrected chi connectivity index (χ2v) is 5.62. The minimum absolute atomic E-state index is 0.0369. The molecule has 0 unspecified atom stereocenters. The lowest BCUT2D eigenvalue weighted by Crippen LogP contribution is -2.37. The van der Waals surface area contributed by atoms with E-state index in [4.69, 9.17) is 4.74 Å². The number of esters is 1. The summed E-state index contributed by atoms with van der Waals surface area (Å²) in [6, 6.07) is 15.9. The molecule has 2 atom stereocenters. The van der Waals surface area contributed by atoms with Crippen molar-refractivity contribution in [2.24, 2.45) is 0 Å². The number of aromatic hydroxyl groups is 1. The van der Waals surface area contributed by atoms with Gasteiger partial charge in [-0.2, -0.15) is 0 Å². The zero-order chi connectivity index (χ0) is 17.5. The molecular weight excluding hydrogens is 306 g/mol. The van der Waals surface area contributed by atoms with Crippen LogP contribution in [0, 0.1) is 0 Å². The summed E-state index contributed by atoms with van der Waals surface area (Å²) in [4.78, 5) is 24.1. The average molecular weight is 327 g/mol. The Bertz CT molecular complexity index is 700. The zero-order valence-corrected chi connectivity index (χ0v) is 13.7. The maximum Gasteiger partial charge on any atom is 0.342 e. The molecule has 2 N–H and O–H groups in total. The highest BCUT2D eigenvalue weighted by Gasteiger charge is 2.21. The van der Waals surface area contributed by atoms with Gasteiger partial charge in [0, 0.05) is 6.54 Å². The molecule has 2 aromatic carbocycles. The first kappa shape index (κ1) is 17.5. The molecule has 0 aliphatic carbocycles. The van der Waals surface area contributed by atoms with Crippen LogP contribution in [0.2, 0.25) is 0 Å². The Hall–Kier alpha value is -2.82. The molecule has 0 aromatic heterocycles. The van der Waals surface area contributed by atoms with Gasteiger partial charge in [0.1, 0.15) is 11.3 Å². The molecule has 0 saturated carbocycles. The van der Waals surface area contributed by atoms with Crippen molar-refractivity contribution in [3.8, 4) is 5.75 Å². The number of nitrogens with one attached hydrogen (secondary N) is 1. The highest BCUT2D eigenvalue weighted by molar-refractivity contribution is 5.94. The van der Waals surface area contributed by atoms with Crippen LogP contribution in [-0.4, -0.2) is 29.6 Å². The number of phenolic OH excluding ortho intramolecular Hbond substituents is 1. The Morgan fingerprint density at radius 2 is 1.67 bits per heavy atom. The monoisotopic (exact) mass is 327 g/mol. The first-order valence-corrected chi connectivity index (χ1v) is 7.80. The molecule has 5 nitrogen and oxygen atoms in total. The summed E-state index contributed by atoms with van der Waals surface area (Å²) in [7, 11) is 0. The Morgan fingerprint density at radius 3 is 2.33 bits per heavy atom. The fourth-order valence-electron chi connectivity index (χ4n) is 2.22. The number of rotatable bonds is 6. The zero-order valence-electron chi connectivity index (χ0n) is 13.7. The quantitative estimate of drug-likeness (QED) is 0.800. The Kier molecular flexibility index (Phi) is 5.95. The van der Waals surface area contributed by atoms with Gasteiger partial charge >= 0.3 is 5.97 Å². The summed E-state index contributed by atoms with van der Waals surface area (Å²) in [5.74, 6) is -1.13. The van der Waals surface area contributed by atoms with E-state index in [1.165, 1.54) is 19.1 Å². The van der Waals surface area contributed by atoms with Gasteiger partial charge in [-0.1, -0.05) is 49.4 Å². The van der Waals surface area contributed by atoms with E-state index in [1.807, 2.05) is 37.3 Å².